The molecule has 0 saturated carbocycles. The number of hydrogen-bond acceptors (Lipinski definition) is 5. The van der Waals surface area contributed by atoms with Crippen LogP contribution in [0, 0.1) is 0 Å². The van der Waals surface area contributed by atoms with E-state index >= 15 is 0 Å². The molecular weight excluding hydrogens is 154 g/mol. The van der Waals surface area contributed by atoms with Crippen molar-refractivity contribution in [3.05, 3.63) is 11.9 Å². The molecule has 0 spiro atoms. The molecular formula is C7H13N5. The Balaban J connectivity index is 2.34. The van der Waals surface area contributed by atoms with E-state index in [2.05, 4.69) is 9.89 Å². The largest absolute Gasteiger partial charge is 0.351 e. The monoisotopic (exact) mass is 167 g/mol. The Morgan fingerprint density at radius 1 is 1.42 bits per heavy atom. The highest BCUT2D eigenvalue weighted by molar-refractivity contribution is 5.99. The summed E-state index contributed by atoms with van der Waals surface area (Å²) < 4.78 is 0. The van der Waals surface area contributed by atoms with Crippen LogP contribution < -0.4 is 5.84 Å². The average Bonchev–Trinajstić information content (AvgIpc) is 2.33. The van der Waals surface area contributed by atoms with E-state index in [4.69, 9.17) is 5.84 Å². The van der Waals surface area contributed by atoms with Crippen molar-refractivity contribution in [1.29, 1.82) is 0 Å². The predicted octanol–water partition coefficient (Wildman–Crippen LogP) is -0.792. The Morgan fingerprint density at radius 3 is 2.92 bits per heavy atom. The van der Waals surface area contributed by atoms with Crippen molar-refractivity contribution in [2.24, 2.45) is 10.8 Å². The lowest BCUT2D eigenvalue weighted by atomic mass is 10.3. The van der Waals surface area contributed by atoms with Crippen LogP contribution in [0.3, 0.4) is 0 Å². The standard InChI is InChI=1S/C7H13N5/c1-10-4-9-7-6(10)3-12(8)5-11(7)2/h3H,4-5,8H2,1-2H3. The molecule has 0 aromatic heterocycles. The van der Waals surface area contributed by atoms with Gasteiger partial charge in [-0.3, -0.25) is 5.01 Å². The zero-order valence-electron chi connectivity index (χ0n) is 7.36. The molecule has 5 heteroatoms. The van der Waals surface area contributed by atoms with Gasteiger partial charge in [-0.05, 0) is 0 Å². The molecule has 2 aliphatic heterocycles. The maximum absolute atomic E-state index is 5.68. The summed E-state index contributed by atoms with van der Waals surface area (Å²) in [5.74, 6) is 6.72. The zero-order valence-corrected chi connectivity index (χ0v) is 7.36. The van der Waals surface area contributed by atoms with Crippen LogP contribution in [0.2, 0.25) is 0 Å². The first-order valence-corrected chi connectivity index (χ1v) is 3.89. The molecule has 0 radical (unpaired) electrons. The molecule has 0 atom stereocenters. The summed E-state index contributed by atoms with van der Waals surface area (Å²) in [5.41, 5.74) is 1.10. The van der Waals surface area contributed by atoms with Crippen molar-refractivity contribution < 1.29 is 0 Å². The summed E-state index contributed by atoms with van der Waals surface area (Å²) in [4.78, 5) is 8.49. The van der Waals surface area contributed by atoms with Gasteiger partial charge in [-0.1, -0.05) is 0 Å². The average molecular weight is 167 g/mol. The number of amidine groups is 1. The van der Waals surface area contributed by atoms with E-state index in [1.807, 2.05) is 25.2 Å². The fourth-order valence-electron chi connectivity index (χ4n) is 1.48. The van der Waals surface area contributed by atoms with Crippen molar-refractivity contribution >= 4 is 5.84 Å². The van der Waals surface area contributed by atoms with Gasteiger partial charge in [0.15, 0.2) is 5.84 Å². The molecule has 0 unspecified atom stereocenters. The van der Waals surface area contributed by atoms with Crippen LogP contribution in [-0.4, -0.2) is 48.1 Å². The minimum atomic E-state index is 0.705. The molecule has 2 N–H and O–H groups in total. The molecule has 2 rings (SSSR count). The fourth-order valence-corrected chi connectivity index (χ4v) is 1.48. The van der Waals surface area contributed by atoms with Crippen molar-refractivity contribution in [3.63, 3.8) is 0 Å². The number of likely N-dealkylation sites (N-methyl/N-ethyl adjacent to an activating group) is 2. The lowest BCUT2D eigenvalue weighted by Crippen LogP contribution is -2.45. The molecule has 0 amide bonds. The van der Waals surface area contributed by atoms with Crippen molar-refractivity contribution in [3.8, 4) is 0 Å². The second-order valence-electron chi connectivity index (χ2n) is 3.19. The van der Waals surface area contributed by atoms with Gasteiger partial charge in [0.25, 0.3) is 0 Å². The number of rotatable bonds is 0. The van der Waals surface area contributed by atoms with E-state index in [0.29, 0.717) is 6.67 Å². The first-order chi connectivity index (χ1) is 5.68. The Morgan fingerprint density at radius 2 is 2.17 bits per heavy atom. The third kappa shape index (κ3) is 0.937. The van der Waals surface area contributed by atoms with E-state index in [0.717, 1.165) is 18.2 Å². The van der Waals surface area contributed by atoms with Gasteiger partial charge in [-0.15, -0.1) is 0 Å². The normalized spacial score (nSPS) is 22.4. The quantitative estimate of drug-likeness (QED) is 0.480. The molecule has 0 aliphatic carbocycles. The second kappa shape index (κ2) is 2.38. The van der Waals surface area contributed by atoms with Gasteiger partial charge >= 0.3 is 0 Å². The molecule has 0 aromatic rings. The molecule has 66 valence electrons. The van der Waals surface area contributed by atoms with Gasteiger partial charge in [-0.2, -0.15) is 0 Å². The smallest absolute Gasteiger partial charge is 0.152 e. The number of hydrogen-bond donors (Lipinski definition) is 1. The number of nitrogens with zero attached hydrogens (tertiary/aromatic N) is 4. The molecule has 5 nitrogen and oxygen atoms in total. The number of nitrogens with two attached hydrogens (primary N) is 1. The summed E-state index contributed by atoms with van der Waals surface area (Å²) in [6.07, 6.45) is 1.92. The summed E-state index contributed by atoms with van der Waals surface area (Å²) in [7, 11) is 4.00. The molecule has 0 bridgehead atoms. The van der Waals surface area contributed by atoms with Gasteiger partial charge in [0.05, 0.1) is 5.70 Å². The zero-order chi connectivity index (χ0) is 8.72. The topological polar surface area (TPSA) is 48.1 Å². The molecule has 12 heavy (non-hydrogen) atoms. The van der Waals surface area contributed by atoms with E-state index in [1.54, 1.807) is 5.01 Å². The van der Waals surface area contributed by atoms with Gasteiger partial charge in [0, 0.05) is 20.3 Å². The minimum absolute atomic E-state index is 0.705. The Hall–Kier alpha value is -1.23. The van der Waals surface area contributed by atoms with Crippen molar-refractivity contribution in [2.75, 3.05) is 27.4 Å². The fraction of sp³-hybridized carbons (Fsp3) is 0.571. The summed E-state index contributed by atoms with van der Waals surface area (Å²) in [6.45, 7) is 1.44. The molecule has 2 heterocycles. The van der Waals surface area contributed by atoms with Gasteiger partial charge < -0.3 is 9.80 Å². The van der Waals surface area contributed by atoms with Crippen molar-refractivity contribution in [2.45, 2.75) is 0 Å². The number of hydrazine groups is 1. The highest BCUT2D eigenvalue weighted by atomic mass is 15.5. The first kappa shape index (κ1) is 7.42. The molecule has 0 fully saturated rings. The predicted molar refractivity (Wildman–Crippen MR) is 46.8 cm³/mol. The van der Waals surface area contributed by atoms with Crippen LogP contribution in [0.1, 0.15) is 0 Å². The lowest BCUT2D eigenvalue weighted by Gasteiger charge is -2.31. The van der Waals surface area contributed by atoms with Crippen LogP contribution in [0.4, 0.5) is 0 Å². The summed E-state index contributed by atoms with van der Waals surface area (Å²) in [6, 6.07) is 0. The highest BCUT2D eigenvalue weighted by Crippen LogP contribution is 2.18. The minimum Gasteiger partial charge on any atom is -0.351 e. The first-order valence-electron chi connectivity index (χ1n) is 3.89. The Bertz CT molecular complexity index is 257. The maximum atomic E-state index is 5.68. The summed E-state index contributed by atoms with van der Waals surface area (Å²) >= 11 is 0. The van der Waals surface area contributed by atoms with Gasteiger partial charge in [-0.25, -0.2) is 10.8 Å². The number of fused-ring (bicyclic) bond motifs is 1. The molecule has 0 saturated heterocycles. The Kier molecular flexibility index (Phi) is 1.47. The SMILES string of the molecule is CN1CN=C2C1=CN(N)CN2C. The van der Waals surface area contributed by atoms with E-state index in [9.17, 15) is 0 Å². The third-order valence-corrected chi connectivity index (χ3v) is 2.10. The van der Waals surface area contributed by atoms with Crippen LogP contribution >= 0.6 is 0 Å². The van der Waals surface area contributed by atoms with E-state index < -0.39 is 0 Å². The van der Waals surface area contributed by atoms with E-state index in [-0.39, 0.29) is 0 Å². The summed E-state index contributed by atoms with van der Waals surface area (Å²) in [5, 5.41) is 1.66. The lowest BCUT2D eigenvalue weighted by molar-refractivity contribution is 0.260. The van der Waals surface area contributed by atoms with Crippen LogP contribution in [0.15, 0.2) is 16.9 Å². The van der Waals surface area contributed by atoms with Crippen LogP contribution in [0.5, 0.6) is 0 Å². The van der Waals surface area contributed by atoms with Gasteiger partial charge in [0.2, 0.25) is 0 Å². The third-order valence-electron chi connectivity index (χ3n) is 2.10. The van der Waals surface area contributed by atoms with Crippen LogP contribution in [0.25, 0.3) is 0 Å². The van der Waals surface area contributed by atoms with Gasteiger partial charge in [0.1, 0.15) is 13.3 Å². The van der Waals surface area contributed by atoms with Crippen LogP contribution in [-0.2, 0) is 0 Å². The van der Waals surface area contributed by atoms with Crippen molar-refractivity contribution in [1.82, 2.24) is 14.8 Å². The second-order valence-corrected chi connectivity index (χ2v) is 3.19. The maximum Gasteiger partial charge on any atom is 0.152 e. The molecule has 0 aromatic carbocycles. The molecule has 2 aliphatic rings. The Labute approximate surface area is 71.7 Å². The number of aliphatic imine (C=N–C) groups is 1. The van der Waals surface area contributed by atoms with E-state index in [1.165, 1.54) is 0 Å². The highest BCUT2D eigenvalue weighted by Gasteiger charge is 2.26.